The Labute approximate surface area is 73.4 Å². The van der Waals surface area contributed by atoms with Gasteiger partial charge in [-0.1, -0.05) is 26.7 Å². The molecule has 0 bridgehead atoms. The molecule has 0 spiro atoms. The van der Waals surface area contributed by atoms with Crippen LogP contribution in [0.25, 0.3) is 0 Å². The molecule has 1 unspecified atom stereocenters. The number of carboxylic acids is 1. The second-order valence-corrected chi connectivity index (χ2v) is 3.15. The lowest BCUT2D eigenvalue weighted by Gasteiger charge is -2.20. The van der Waals surface area contributed by atoms with Gasteiger partial charge >= 0.3 is 5.97 Å². The Morgan fingerprint density at radius 3 is 2.25 bits per heavy atom. The topological polar surface area (TPSA) is 57.5 Å². The van der Waals surface area contributed by atoms with Crippen molar-refractivity contribution in [3.05, 3.63) is 0 Å². The van der Waals surface area contributed by atoms with Gasteiger partial charge in [0.1, 0.15) is 0 Å². The Balaban J connectivity index is 3.88. The zero-order valence-corrected chi connectivity index (χ0v) is 7.84. The molecule has 0 saturated heterocycles. The largest absolute Gasteiger partial charge is 0.479 e. The summed E-state index contributed by atoms with van der Waals surface area (Å²) in [7, 11) is 0. The maximum absolute atomic E-state index is 10.6. The van der Waals surface area contributed by atoms with Gasteiger partial charge in [0, 0.05) is 0 Å². The van der Waals surface area contributed by atoms with Crippen LogP contribution in [0.2, 0.25) is 0 Å². The molecule has 0 aromatic carbocycles. The molecule has 12 heavy (non-hydrogen) atoms. The standard InChI is InChI=1S/C9H18O3/c1-3-5-6-7-9(12,4-2)8(10)11/h12H,3-7H2,1-2H3,(H,10,11). The van der Waals surface area contributed by atoms with Crippen molar-refractivity contribution in [2.24, 2.45) is 0 Å². The first kappa shape index (κ1) is 11.4. The van der Waals surface area contributed by atoms with Crippen molar-refractivity contribution < 1.29 is 15.0 Å². The lowest BCUT2D eigenvalue weighted by atomic mass is 9.94. The van der Waals surface area contributed by atoms with E-state index in [2.05, 4.69) is 0 Å². The highest BCUT2D eigenvalue weighted by molar-refractivity contribution is 5.76. The van der Waals surface area contributed by atoms with Crippen LogP contribution in [-0.4, -0.2) is 21.8 Å². The summed E-state index contributed by atoms with van der Waals surface area (Å²) in [5, 5.41) is 18.2. The molecule has 0 amide bonds. The second kappa shape index (κ2) is 5.14. The van der Waals surface area contributed by atoms with Crippen molar-refractivity contribution in [3.8, 4) is 0 Å². The Kier molecular flexibility index (Phi) is 4.90. The fourth-order valence-electron chi connectivity index (χ4n) is 1.10. The molecule has 3 nitrogen and oxygen atoms in total. The van der Waals surface area contributed by atoms with Gasteiger partial charge in [0.15, 0.2) is 5.60 Å². The highest BCUT2D eigenvalue weighted by atomic mass is 16.4. The molecular weight excluding hydrogens is 156 g/mol. The van der Waals surface area contributed by atoms with Gasteiger partial charge in [0.25, 0.3) is 0 Å². The number of hydrogen-bond acceptors (Lipinski definition) is 2. The molecule has 0 rings (SSSR count). The van der Waals surface area contributed by atoms with Crippen LogP contribution in [0.15, 0.2) is 0 Å². The maximum Gasteiger partial charge on any atom is 0.335 e. The van der Waals surface area contributed by atoms with Crippen LogP contribution in [0.3, 0.4) is 0 Å². The lowest BCUT2D eigenvalue weighted by molar-refractivity contribution is -0.159. The van der Waals surface area contributed by atoms with Gasteiger partial charge < -0.3 is 10.2 Å². The Morgan fingerprint density at radius 1 is 1.33 bits per heavy atom. The number of carbonyl (C=O) groups is 1. The van der Waals surface area contributed by atoms with Crippen LogP contribution >= 0.6 is 0 Å². The first-order valence-electron chi connectivity index (χ1n) is 4.52. The van der Waals surface area contributed by atoms with Crippen molar-refractivity contribution in [2.75, 3.05) is 0 Å². The van der Waals surface area contributed by atoms with E-state index in [1.165, 1.54) is 0 Å². The zero-order valence-electron chi connectivity index (χ0n) is 7.84. The quantitative estimate of drug-likeness (QED) is 0.603. The van der Waals surface area contributed by atoms with E-state index in [1.807, 2.05) is 6.92 Å². The average molecular weight is 174 g/mol. The summed E-state index contributed by atoms with van der Waals surface area (Å²) < 4.78 is 0. The summed E-state index contributed by atoms with van der Waals surface area (Å²) in [4.78, 5) is 10.6. The van der Waals surface area contributed by atoms with Crippen molar-refractivity contribution in [1.29, 1.82) is 0 Å². The molecular formula is C9H18O3. The van der Waals surface area contributed by atoms with Gasteiger partial charge in [-0.3, -0.25) is 0 Å². The van der Waals surface area contributed by atoms with Crippen LogP contribution < -0.4 is 0 Å². The molecule has 0 aromatic rings. The van der Waals surface area contributed by atoms with E-state index in [9.17, 15) is 9.90 Å². The summed E-state index contributed by atoms with van der Waals surface area (Å²) in [5.74, 6) is -1.10. The van der Waals surface area contributed by atoms with Crippen LogP contribution in [0.1, 0.15) is 46.0 Å². The predicted octanol–water partition coefficient (Wildman–Crippen LogP) is 1.79. The maximum atomic E-state index is 10.6. The van der Waals surface area contributed by atoms with Gasteiger partial charge in [0.2, 0.25) is 0 Å². The van der Waals surface area contributed by atoms with E-state index in [-0.39, 0.29) is 6.42 Å². The first-order chi connectivity index (χ1) is 5.56. The Bertz CT molecular complexity index is 145. The molecule has 0 fully saturated rings. The first-order valence-corrected chi connectivity index (χ1v) is 4.52. The van der Waals surface area contributed by atoms with E-state index in [4.69, 9.17) is 5.11 Å². The van der Waals surface area contributed by atoms with E-state index < -0.39 is 11.6 Å². The SMILES string of the molecule is CCCCCC(O)(CC)C(=O)O. The van der Waals surface area contributed by atoms with Gasteiger partial charge in [-0.05, 0) is 19.3 Å². The number of carboxylic acid groups (broad SMARTS) is 1. The van der Waals surface area contributed by atoms with E-state index in [0.717, 1.165) is 19.3 Å². The van der Waals surface area contributed by atoms with Crippen LogP contribution in [-0.2, 0) is 4.79 Å². The molecule has 0 radical (unpaired) electrons. The van der Waals surface area contributed by atoms with Gasteiger partial charge in [-0.25, -0.2) is 4.79 Å². The molecule has 72 valence electrons. The normalized spacial score (nSPS) is 15.6. The summed E-state index contributed by atoms with van der Waals surface area (Å²) in [6.45, 7) is 3.74. The molecule has 2 N–H and O–H groups in total. The van der Waals surface area contributed by atoms with Crippen LogP contribution in [0, 0.1) is 0 Å². The molecule has 0 heterocycles. The van der Waals surface area contributed by atoms with Gasteiger partial charge in [-0.2, -0.15) is 0 Å². The van der Waals surface area contributed by atoms with Crippen molar-refractivity contribution in [2.45, 2.75) is 51.6 Å². The molecule has 0 saturated carbocycles. The molecule has 0 aromatic heterocycles. The number of aliphatic carboxylic acids is 1. The van der Waals surface area contributed by atoms with E-state index >= 15 is 0 Å². The minimum Gasteiger partial charge on any atom is -0.479 e. The van der Waals surface area contributed by atoms with E-state index in [1.54, 1.807) is 6.92 Å². The molecule has 0 aliphatic heterocycles. The van der Waals surface area contributed by atoms with Crippen LogP contribution in [0.4, 0.5) is 0 Å². The fourth-order valence-corrected chi connectivity index (χ4v) is 1.10. The Hall–Kier alpha value is -0.570. The van der Waals surface area contributed by atoms with Crippen molar-refractivity contribution in [1.82, 2.24) is 0 Å². The van der Waals surface area contributed by atoms with Crippen LogP contribution in [0.5, 0.6) is 0 Å². The fraction of sp³-hybridized carbons (Fsp3) is 0.889. The highest BCUT2D eigenvalue weighted by Crippen LogP contribution is 2.18. The molecule has 0 aliphatic carbocycles. The minimum atomic E-state index is -1.49. The monoisotopic (exact) mass is 174 g/mol. The van der Waals surface area contributed by atoms with Crippen molar-refractivity contribution >= 4 is 5.97 Å². The third-order valence-corrected chi connectivity index (χ3v) is 2.18. The van der Waals surface area contributed by atoms with Crippen molar-refractivity contribution in [3.63, 3.8) is 0 Å². The lowest BCUT2D eigenvalue weighted by Crippen LogP contribution is -2.37. The summed E-state index contributed by atoms with van der Waals surface area (Å²) >= 11 is 0. The van der Waals surface area contributed by atoms with Gasteiger partial charge in [-0.15, -0.1) is 0 Å². The predicted molar refractivity (Wildman–Crippen MR) is 47.0 cm³/mol. The summed E-state index contributed by atoms with van der Waals surface area (Å²) in [6.07, 6.45) is 3.46. The average Bonchev–Trinajstić information content (AvgIpc) is 2.04. The highest BCUT2D eigenvalue weighted by Gasteiger charge is 2.32. The minimum absolute atomic E-state index is 0.284. The number of hydrogen-bond donors (Lipinski definition) is 2. The number of rotatable bonds is 6. The third kappa shape index (κ3) is 3.22. The molecule has 0 aliphatic rings. The molecule has 3 heteroatoms. The summed E-state index contributed by atoms with van der Waals surface area (Å²) in [6, 6.07) is 0. The smallest absolute Gasteiger partial charge is 0.335 e. The zero-order chi connectivity index (χ0) is 9.61. The van der Waals surface area contributed by atoms with Gasteiger partial charge in [0.05, 0.1) is 0 Å². The number of unbranched alkanes of at least 4 members (excludes halogenated alkanes) is 2. The number of aliphatic hydroxyl groups is 1. The second-order valence-electron chi connectivity index (χ2n) is 3.15. The molecule has 1 atom stereocenters. The van der Waals surface area contributed by atoms with E-state index in [0.29, 0.717) is 6.42 Å². The third-order valence-electron chi connectivity index (χ3n) is 2.18. The Morgan fingerprint density at radius 2 is 1.92 bits per heavy atom. The summed E-state index contributed by atoms with van der Waals surface area (Å²) in [5.41, 5.74) is -1.49.